The van der Waals surface area contributed by atoms with E-state index in [0.717, 1.165) is 42.0 Å². The standard InChI is InChI=1S/C25H32N6O3/c1-3-20-23(32)30(2)21-15-27-25(29-22(21)31(20)18-8-4-5-9-18)28-17-13-11-16(12-14-17)7-6-10-19(26)24(33)34/h6-7,11-15,18-20H,3-5,8-10,26H2,1-2H3,(H,33,34)(H,27,28,29)/t19-,20+/m0/s1. The van der Waals surface area contributed by atoms with Crippen LogP contribution < -0.4 is 20.9 Å². The fourth-order valence-corrected chi connectivity index (χ4v) is 4.70. The van der Waals surface area contributed by atoms with Gasteiger partial charge in [-0.15, -0.1) is 0 Å². The minimum Gasteiger partial charge on any atom is -0.480 e. The van der Waals surface area contributed by atoms with Crippen LogP contribution in [0.2, 0.25) is 0 Å². The normalized spacial score (nSPS) is 19.5. The van der Waals surface area contributed by atoms with E-state index in [1.807, 2.05) is 30.3 Å². The second kappa shape index (κ2) is 10.2. The molecule has 1 aliphatic carbocycles. The van der Waals surface area contributed by atoms with Crippen molar-refractivity contribution in [2.24, 2.45) is 5.73 Å². The van der Waals surface area contributed by atoms with Crippen LogP contribution in [0.1, 0.15) is 51.0 Å². The van der Waals surface area contributed by atoms with Gasteiger partial charge in [-0.05, 0) is 43.4 Å². The van der Waals surface area contributed by atoms with Gasteiger partial charge in [0.25, 0.3) is 0 Å². The average Bonchev–Trinajstić information content (AvgIpc) is 3.36. The highest BCUT2D eigenvalue weighted by molar-refractivity contribution is 6.04. The predicted molar refractivity (Wildman–Crippen MR) is 133 cm³/mol. The van der Waals surface area contributed by atoms with Crippen LogP contribution in [-0.4, -0.2) is 52.1 Å². The van der Waals surface area contributed by atoms with E-state index in [1.165, 1.54) is 12.8 Å². The first-order chi connectivity index (χ1) is 16.4. The maximum Gasteiger partial charge on any atom is 0.320 e. The molecule has 34 heavy (non-hydrogen) atoms. The molecule has 0 saturated heterocycles. The number of benzene rings is 1. The zero-order chi connectivity index (χ0) is 24.2. The Hall–Kier alpha value is -3.46. The number of hydrogen-bond acceptors (Lipinski definition) is 7. The van der Waals surface area contributed by atoms with E-state index >= 15 is 0 Å². The fourth-order valence-electron chi connectivity index (χ4n) is 4.70. The number of aromatic nitrogens is 2. The first kappa shape index (κ1) is 23.7. The number of nitrogens with zero attached hydrogens (tertiary/aromatic N) is 4. The van der Waals surface area contributed by atoms with Crippen molar-refractivity contribution in [2.45, 2.75) is 63.6 Å². The van der Waals surface area contributed by atoms with Gasteiger partial charge in [-0.25, -0.2) is 4.98 Å². The van der Waals surface area contributed by atoms with E-state index in [4.69, 9.17) is 15.8 Å². The van der Waals surface area contributed by atoms with Gasteiger partial charge in [-0.3, -0.25) is 9.59 Å². The number of fused-ring (bicyclic) bond motifs is 1. The summed E-state index contributed by atoms with van der Waals surface area (Å²) in [4.78, 5) is 37.0. The second-order valence-corrected chi connectivity index (χ2v) is 8.90. The third-order valence-corrected chi connectivity index (χ3v) is 6.60. The maximum absolute atomic E-state index is 13.0. The molecule has 0 bridgehead atoms. The Balaban J connectivity index is 1.53. The molecule has 4 N–H and O–H groups in total. The molecule has 2 heterocycles. The average molecular weight is 465 g/mol. The molecular formula is C25H32N6O3. The van der Waals surface area contributed by atoms with Crippen molar-refractivity contribution in [3.8, 4) is 0 Å². The number of nitrogens with one attached hydrogen (secondary N) is 1. The van der Waals surface area contributed by atoms with Crippen molar-refractivity contribution < 1.29 is 14.7 Å². The Kier molecular flexibility index (Phi) is 7.12. The Bertz CT molecular complexity index is 1060. The zero-order valence-electron chi connectivity index (χ0n) is 19.6. The number of nitrogens with two attached hydrogens (primary N) is 1. The SMILES string of the molecule is CC[C@@H]1C(=O)N(C)c2cnc(Nc3ccc(C=CC[C@H](N)C(=O)O)cc3)nc2N1C1CCCC1. The largest absolute Gasteiger partial charge is 0.480 e. The molecule has 9 heteroatoms. The molecule has 180 valence electrons. The molecular weight excluding hydrogens is 432 g/mol. The fraction of sp³-hybridized carbons (Fsp3) is 0.440. The van der Waals surface area contributed by atoms with Gasteiger partial charge < -0.3 is 26.0 Å². The molecule has 1 fully saturated rings. The monoisotopic (exact) mass is 464 g/mol. The number of anilines is 4. The van der Waals surface area contributed by atoms with E-state index in [-0.39, 0.29) is 18.4 Å². The molecule has 1 aliphatic heterocycles. The van der Waals surface area contributed by atoms with Gasteiger partial charge in [-0.2, -0.15) is 4.98 Å². The highest BCUT2D eigenvalue weighted by Gasteiger charge is 2.41. The number of carboxylic acid groups (broad SMARTS) is 1. The Morgan fingerprint density at radius 2 is 2.00 bits per heavy atom. The van der Waals surface area contributed by atoms with Gasteiger partial charge in [0.1, 0.15) is 17.8 Å². The lowest BCUT2D eigenvalue weighted by Gasteiger charge is -2.43. The molecule has 9 nitrogen and oxygen atoms in total. The quantitative estimate of drug-likeness (QED) is 0.542. The summed E-state index contributed by atoms with van der Waals surface area (Å²) in [7, 11) is 1.79. The Morgan fingerprint density at radius 3 is 2.65 bits per heavy atom. The van der Waals surface area contributed by atoms with Crippen LogP contribution in [-0.2, 0) is 9.59 Å². The number of likely N-dealkylation sites (N-methyl/N-ethyl adjacent to an activating group) is 1. The van der Waals surface area contributed by atoms with Crippen LogP contribution in [0.3, 0.4) is 0 Å². The number of carbonyl (C=O) groups excluding carboxylic acids is 1. The van der Waals surface area contributed by atoms with Gasteiger partial charge in [0, 0.05) is 18.8 Å². The second-order valence-electron chi connectivity index (χ2n) is 8.90. The number of amides is 1. The van der Waals surface area contributed by atoms with Crippen molar-refractivity contribution in [1.29, 1.82) is 0 Å². The zero-order valence-corrected chi connectivity index (χ0v) is 19.6. The topological polar surface area (TPSA) is 125 Å². The minimum absolute atomic E-state index is 0.0964. The third-order valence-electron chi connectivity index (χ3n) is 6.60. The van der Waals surface area contributed by atoms with E-state index in [1.54, 1.807) is 24.2 Å². The van der Waals surface area contributed by atoms with Crippen molar-refractivity contribution in [2.75, 3.05) is 22.2 Å². The summed E-state index contributed by atoms with van der Waals surface area (Å²) in [5.74, 6) is 0.378. The van der Waals surface area contributed by atoms with E-state index in [2.05, 4.69) is 22.1 Å². The van der Waals surface area contributed by atoms with Crippen LogP contribution in [0.25, 0.3) is 6.08 Å². The van der Waals surface area contributed by atoms with Crippen molar-refractivity contribution >= 4 is 41.1 Å². The van der Waals surface area contributed by atoms with Crippen molar-refractivity contribution in [1.82, 2.24) is 9.97 Å². The summed E-state index contributed by atoms with van der Waals surface area (Å²) in [6, 6.07) is 6.90. The van der Waals surface area contributed by atoms with Gasteiger partial charge in [0.05, 0.1) is 6.20 Å². The summed E-state index contributed by atoms with van der Waals surface area (Å²) in [6.45, 7) is 2.05. The molecule has 0 spiro atoms. The molecule has 2 aliphatic rings. The summed E-state index contributed by atoms with van der Waals surface area (Å²) in [6.07, 6.45) is 10.8. The summed E-state index contributed by atoms with van der Waals surface area (Å²) in [5, 5.41) is 12.1. The number of rotatable bonds is 8. The molecule has 2 atom stereocenters. The van der Waals surface area contributed by atoms with E-state index < -0.39 is 12.0 Å². The molecule has 1 aromatic heterocycles. The van der Waals surface area contributed by atoms with Crippen LogP contribution >= 0.6 is 0 Å². The van der Waals surface area contributed by atoms with Gasteiger partial charge >= 0.3 is 5.97 Å². The Morgan fingerprint density at radius 1 is 1.29 bits per heavy atom. The highest BCUT2D eigenvalue weighted by Crippen LogP contribution is 2.40. The third kappa shape index (κ3) is 4.89. The number of carbonyl (C=O) groups is 2. The van der Waals surface area contributed by atoms with Crippen LogP contribution in [0.5, 0.6) is 0 Å². The molecule has 0 unspecified atom stereocenters. The smallest absolute Gasteiger partial charge is 0.320 e. The van der Waals surface area contributed by atoms with E-state index in [9.17, 15) is 9.59 Å². The van der Waals surface area contributed by atoms with Gasteiger partial charge in [-0.1, -0.05) is 44.1 Å². The molecule has 1 aromatic carbocycles. The molecule has 1 amide bonds. The molecule has 0 radical (unpaired) electrons. The first-order valence-electron chi connectivity index (χ1n) is 11.8. The molecule has 2 aromatic rings. The summed E-state index contributed by atoms with van der Waals surface area (Å²) < 4.78 is 0. The minimum atomic E-state index is -1.01. The van der Waals surface area contributed by atoms with Gasteiger partial charge in [0.2, 0.25) is 11.9 Å². The number of aliphatic carboxylic acids is 1. The molecule has 1 saturated carbocycles. The lowest BCUT2D eigenvalue weighted by Crippen LogP contribution is -2.55. The Labute approximate surface area is 199 Å². The lowest BCUT2D eigenvalue weighted by molar-refractivity contribution is -0.138. The predicted octanol–water partition coefficient (Wildman–Crippen LogP) is 3.54. The van der Waals surface area contributed by atoms with Crippen molar-refractivity contribution in [3.63, 3.8) is 0 Å². The van der Waals surface area contributed by atoms with Gasteiger partial charge in [0.15, 0.2) is 5.82 Å². The lowest BCUT2D eigenvalue weighted by atomic mass is 10.0. The van der Waals surface area contributed by atoms with Crippen LogP contribution in [0.4, 0.5) is 23.1 Å². The van der Waals surface area contributed by atoms with Crippen LogP contribution in [0, 0.1) is 0 Å². The highest BCUT2D eigenvalue weighted by atomic mass is 16.4. The number of hydrogen-bond donors (Lipinski definition) is 3. The first-order valence-corrected chi connectivity index (χ1v) is 11.8. The van der Waals surface area contributed by atoms with Crippen LogP contribution in [0.15, 0.2) is 36.5 Å². The summed E-state index contributed by atoms with van der Waals surface area (Å²) in [5.41, 5.74) is 8.04. The van der Waals surface area contributed by atoms with E-state index in [0.29, 0.717) is 12.0 Å². The number of carboxylic acids is 1. The van der Waals surface area contributed by atoms with Crippen molar-refractivity contribution in [3.05, 3.63) is 42.1 Å². The molecule has 4 rings (SSSR count). The summed E-state index contributed by atoms with van der Waals surface area (Å²) >= 11 is 0. The maximum atomic E-state index is 13.0.